The second kappa shape index (κ2) is 6.43. The van der Waals surface area contributed by atoms with E-state index in [1.165, 1.54) is 9.78 Å². The van der Waals surface area contributed by atoms with Gasteiger partial charge in [-0.05, 0) is 55.7 Å². The van der Waals surface area contributed by atoms with Gasteiger partial charge in [0.25, 0.3) is 5.91 Å². The summed E-state index contributed by atoms with van der Waals surface area (Å²) < 4.78 is 5.88. The zero-order valence-corrected chi connectivity index (χ0v) is 15.8. The van der Waals surface area contributed by atoms with Gasteiger partial charge < -0.3 is 10.1 Å². The molecule has 2 heterocycles. The molecule has 3 amide bonds. The molecule has 136 valence electrons. The predicted molar refractivity (Wildman–Crippen MR) is 101 cm³/mol. The van der Waals surface area contributed by atoms with Crippen molar-refractivity contribution in [2.75, 3.05) is 13.2 Å². The maximum absolute atomic E-state index is 13.1. The highest BCUT2D eigenvalue weighted by Crippen LogP contribution is 2.42. The number of hydrogen-bond acceptors (Lipinski definition) is 4. The topological polar surface area (TPSA) is 58.6 Å². The number of imide groups is 1. The van der Waals surface area contributed by atoms with E-state index < -0.39 is 5.54 Å². The van der Waals surface area contributed by atoms with Gasteiger partial charge >= 0.3 is 6.03 Å². The number of ether oxygens (including phenoxy) is 1. The highest BCUT2D eigenvalue weighted by Gasteiger charge is 2.54. The molecule has 0 saturated carbocycles. The van der Waals surface area contributed by atoms with Gasteiger partial charge in [0.05, 0.1) is 6.54 Å². The molecule has 1 N–H and O–H groups in total. The van der Waals surface area contributed by atoms with Gasteiger partial charge in [-0.1, -0.05) is 18.2 Å². The van der Waals surface area contributed by atoms with Crippen molar-refractivity contribution in [1.29, 1.82) is 0 Å². The minimum absolute atomic E-state index is 0.146. The van der Waals surface area contributed by atoms with Crippen LogP contribution in [0.2, 0.25) is 0 Å². The van der Waals surface area contributed by atoms with Gasteiger partial charge in [-0.2, -0.15) is 0 Å². The van der Waals surface area contributed by atoms with Crippen LogP contribution < -0.4 is 10.1 Å². The summed E-state index contributed by atoms with van der Waals surface area (Å²) in [7, 11) is 0. The summed E-state index contributed by atoms with van der Waals surface area (Å²) >= 11 is 1.66. The van der Waals surface area contributed by atoms with E-state index in [4.69, 9.17) is 4.74 Å². The number of benzene rings is 1. The number of urea groups is 1. The molecule has 0 radical (unpaired) electrons. The van der Waals surface area contributed by atoms with Crippen molar-refractivity contribution in [2.24, 2.45) is 0 Å². The molecule has 2 aliphatic rings. The van der Waals surface area contributed by atoms with Crippen molar-refractivity contribution in [3.05, 3.63) is 51.2 Å². The van der Waals surface area contributed by atoms with Crippen LogP contribution in [-0.4, -0.2) is 30.0 Å². The summed E-state index contributed by atoms with van der Waals surface area (Å²) in [5, 5.41) is 4.98. The maximum atomic E-state index is 13.1. The molecule has 1 fully saturated rings. The smallest absolute Gasteiger partial charge is 0.325 e. The summed E-state index contributed by atoms with van der Waals surface area (Å²) in [5.74, 6) is 0.680. The average molecular weight is 370 g/mol. The van der Waals surface area contributed by atoms with Gasteiger partial charge in [0.1, 0.15) is 17.9 Å². The zero-order chi connectivity index (χ0) is 18.3. The van der Waals surface area contributed by atoms with E-state index >= 15 is 0 Å². The lowest BCUT2D eigenvalue weighted by atomic mass is 9.80. The third kappa shape index (κ3) is 2.60. The van der Waals surface area contributed by atoms with Gasteiger partial charge in [0, 0.05) is 10.4 Å². The Balaban J connectivity index is 1.49. The monoisotopic (exact) mass is 370 g/mol. The Bertz CT molecular complexity index is 855. The Kier molecular flexibility index (Phi) is 4.23. The maximum Gasteiger partial charge on any atom is 0.325 e. The van der Waals surface area contributed by atoms with Crippen molar-refractivity contribution in [3.8, 4) is 5.75 Å². The van der Waals surface area contributed by atoms with Crippen LogP contribution >= 0.6 is 11.3 Å². The fourth-order valence-corrected chi connectivity index (χ4v) is 5.01. The Hall–Kier alpha value is -2.34. The lowest BCUT2D eigenvalue weighted by molar-refractivity contribution is -0.132. The number of rotatable bonds is 4. The lowest BCUT2D eigenvalue weighted by Gasteiger charge is -2.31. The number of fused-ring (bicyclic) bond motifs is 2. The Labute approximate surface area is 157 Å². The van der Waals surface area contributed by atoms with E-state index in [1.54, 1.807) is 11.3 Å². The van der Waals surface area contributed by atoms with E-state index in [0.717, 1.165) is 35.3 Å². The first kappa shape index (κ1) is 17.1. The van der Waals surface area contributed by atoms with Gasteiger partial charge in [0.2, 0.25) is 0 Å². The Morgan fingerprint density at radius 1 is 1.23 bits per heavy atom. The molecule has 1 unspecified atom stereocenters. The molecule has 1 aliphatic heterocycles. The van der Waals surface area contributed by atoms with Gasteiger partial charge in [-0.3, -0.25) is 9.69 Å². The first-order valence-corrected chi connectivity index (χ1v) is 9.81. The number of para-hydroxylation sites is 1. The highest BCUT2D eigenvalue weighted by atomic mass is 32.1. The minimum atomic E-state index is -0.872. The summed E-state index contributed by atoms with van der Waals surface area (Å²) in [6.45, 7) is 4.52. The number of hydrogen-bond donors (Lipinski definition) is 1. The van der Waals surface area contributed by atoms with Gasteiger partial charge in [-0.15, -0.1) is 11.3 Å². The lowest BCUT2D eigenvalue weighted by Crippen LogP contribution is -2.46. The molecular formula is C20H22N2O3S. The number of thiophene rings is 1. The molecule has 26 heavy (non-hydrogen) atoms. The SMILES string of the molecule is Cc1cccc(C)c1OCCN1C(=O)NC2(CCCc3sccc32)C1=O. The molecular weight excluding hydrogens is 348 g/mol. The van der Waals surface area contributed by atoms with Crippen molar-refractivity contribution in [3.63, 3.8) is 0 Å². The van der Waals surface area contributed by atoms with Crippen LogP contribution in [0.3, 0.4) is 0 Å². The average Bonchev–Trinajstić information content (AvgIpc) is 3.17. The number of carbonyl (C=O) groups excluding carboxylic acids is 2. The normalized spacial score (nSPS) is 21.8. The number of aryl methyl sites for hydroxylation is 3. The summed E-state index contributed by atoms with van der Waals surface area (Å²) in [6, 6.07) is 7.63. The van der Waals surface area contributed by atoms with Crippen LogP contribution in [0.5, 0.6) is 5.75 Å². The summed E-state index contributed by atoms with van der Waals surface area (Å²) in [4.78, 5) is 28.1. The standard InChI is InChI=1S/C20H22N2O3S/c1-13-5-3-6-14(2)17(13)25-11-10-22-18(23)20(21-19(22)24)9-4-7-16-15(20)8-12-26-16/h3,5-6,8,12H,4,7,9-11H2,1-2H3,(H,21,24). The molecule has 4 rings (SSSR count). The summed E-state index contributed by atoms with van der Waals surface area (Å²) in [5.41, 5.74) is 2.21. The Morgan fingerprint density at radius 3 is 2.77 bits per heavy atom. The zero-order valence-electron chi connectivity index (χ0n) is 15.0. The van der Waals surface area contributed by atoms with E-state index in [1.807, 2.05) is 43.5 Å². The second-order valence-corrected chi connectivity index (χ2v) is 7.97. The summed E-state index contributed by atoms with van der Waals surface area (Å²) in [6.07, 6.45) is 2.55. The van der Waals surface area contributed by atoms with Gasteiger partial charge in [0.15, 0.2) is 0 Å². The van der Waals surface area contributed by atoms with E-state index in [-0.39, 0.29) is 25.1 Å². The van der Waals surface area contributed by atoms with Crippen LogP contribution in [0.1, 0.15) is 34.4 Å². The Morgan fingerprint density at radius 2 is 2.00 bits per heavy atom. The molecule has 1 aromatic carbocycles. The molecule has 0 bridgehead atoms. The molecule has 1 aliphatic carbocycles. The third-order valence-corrected chi connectivity index (χ3v) is 6.29. The van der Waals surface area contributed by atoms with E-state index in [0.29, 0.717) is 6.42 Å². The fourth-order valence-electron chi connectivity index (χ4n) is 4.01. The number of amides is 3. The second-order valence-electron chi connectivity index (χ2n) is 6.97. The van der Waals surface area contributed by atoms with Crippen LogP contribution in [0.4, 0.5) is 4.79 Å². The van der Waals surface area contributed by atoms with Crippen LogP contribution in [0, 0.1) is 13.8 Å². The largest absolute Gasteiger partial charge is 0.491 e. The molecule has 1 atom stereocenters. The predicted octanol–water partition coefficient (Wildman–Crippen LogP) is 3.53. The van der Waals surface area contributed by atoms with Crippen LogP contribution in [-0.2, 0) is 16.8 Å². The molecule has 1 spiro atoms. The first-order valence-electron chi connectivity index (χ1n) is 8.93. The van der Waals surface area contributed by atoms with Gasteiger partial charge in [-0.25, -0.2) is 4.79 Å². The van der Waals surface area contributed by atoms with Crippen LogP contribution in [0.15, 0.2) is 29.6 Å². The number of nitrogens with zero attached hydrogens (tertiary/aromatic N) is 1. The molecule has 5 nitrogen and oxygen atoms in total. The number of nitrogens with one attached hydrogen (secondary N) is 1. The highest BCUT2D eigenvalue weighted by molar-refractivity contribution is 7.10. The van der Waals surface area contributed by atoms with E-state index in [9.17, 15) is 9.59 Å². The molecule has 1 aromatic heterocycles. The quantitative estimate of drug-likeness (QED) is 0.838. The number of carbonyl (C=O) groups is 2. The van der Waals surface area contributed by atoms with Crippen molar-refractivity contribution in [2.45, 2.75) is 38.6 Å². The fraction of sp³-hybridized carbons (Fsp3) is 0.400. The molecule has 2 aromatic rings. The van der Waals surface area contributed by atoms with Crippen LogP contribution in [0.25, 0.3) is 0 Å². The van der Waals surface area contributed by atoms with E-state index in [2.05, 4.69) is 5.32 Å². The van der Waals surface area contributed by atoms with Crippen molar-refractivity contribution in [1.82, 2.24) is 10.2 Å². The first-order chi connectivity index (χ1) is 12.5. The molecule has 1 saturated heterocycles. The third-order valence-electron chi connectivity index (χ3n) is 5.31. The van der Waals surface area contributed by atoms with Crippen molar-refractivity contribution >= 4 is 23.3 Å². The minimum Gasteiger partial charge on any atom is -0.491 e. The molecule has 6 heteroatoms. The van der Waals surface area contributed by atoms with Crippen molar-refractivity contribution < 1.29 is 14.3 Å².